The Labute approximate surface area is 114 Å². The molecule has 19 heavy (non-hydrogen) atoms. The molecule has 0 aliphatic carbocycles. The van der Waals surface area contributed by atoms with Crippen molar-refractivity contribution in [2.24, 2.45) is 0 Å². The van der Waals surface area contributed by atoms with Crippen LogP contribution in [0, 0.1) is 5.82 Å². The second kappa shape index (κ2) is 4.86. The van der Waals surface area contributed by atoms with Crippen LogP contribution in [0.3, 0.4) is 0 Å². The van der Waals surface area contributed by atoms with Gasteiger partial charge in [-0.25, -0.2) is 9.37 Å². The quantitative estimate of drug-likeness (QED) is 0.682. The fourth-order valence-corrected chi connectivity index (χ4v) is 2.21. The molecular formula is C15H10ClFN2. The normalized spacial score (nSPS) is 10.6. The SMILES string of the molecule is Fc1ccc(-c2cc[nH]c2-c2ccnc(Cl)c2)cc1. The second-order valence-corrected chi connectivity index (χ2v) is 4.53. The molecule has 0 radical (unpaired) electrons. The third kappa shape index (κ3) is 2.37. The van der Waals surface area contributed by atoms with E-state index in [9.17, 15) is 4.39 Å². The van der Waals surface area contributed by atoms with Gasteiger partial charge in [-0.15, -0.1) is 0 Å². The van der Waals surface area contributed by atoms with Crippen molar-refractivity contribution in [3.8, 4) is 22.4 Å². The van der Waals surface area contributed by atoms with Crippen molar-refractivity contribution in [3.05, 3.63) is 65.8 Å². The Bertz CT molecular complexity index is 704. The van der Waals surface area contributed by atoms with Crippen molar-refractivity contribution < 1.29 is 4.39 Å². The molecule has 1 N–H and O–H groups in total. The van der Waals surface area contributed by atoms with Gasteiger partial charge >= 0.3 is 0 Å². The molecule has 4 heteroatoms. The minimum atomic E-state index is -0.243. The van der Waals surface area contributed by atoms with E-state index in [2.05, 4.69) is 9.97 Å². The van der Waals surface area contributed by atoms with Crippen LogP contribution < -0.4 is 0 Å². The zero-order chi connectivity index (χ0) is 13.2. The van der Waals surface area contributed by atoms with Gasteiger partial charge in [0.1, 0.15) is 11.0 Å². The van der Waals surface area contributed by atoms with Gasteiger partial charge in [0.15, 0.2) is 0 Å². The standard InChI is InChI=1S/C15H10ClFN2/c16-14-9-11(5-7-18-14)15-13(6-8-19-15)10-1-3-12(17)4-2-10/h1-9,19H. The van der Waals surface area contributed by atoms with Gasteiger partial charge in [0.25, 0.3) is 0 Å². The summed E-state index contributed by atoms with van der Waals surface area (Å²) < 4.78 is 13.0. The molecule has 0 saturated carbocycles. The Balaban J connectivity index is 2.10. The van der Waals surface area contributed by atoms with Crippen LogP contribution in [0.2, 0.25) is 5.15 Å². The highest BCUT2D eigenvalue weighted by molar-refractivity contribution is 6.29. The van der Waals surface area contributed by atoms with Crippen molar-refractivity contribution in [3.63, 3.8) is 0 Å². The summed E-state index contributed by atoms with van der Waals surface area (Å²) in [6.45, 7) is 0. The predicted molar refractivity (Wildman–Crippen MR) is 74.4 cm³/mol. The van der Waals surface area contributed by atoms with Crippen LogP contribution in [0.4, 0.5) is 4.39 Å². The highest BCUT2D eigenvalue weighted by atomic mass is 35.5. The van der Waals surface area contributed by atoms with Crippen LogP contribution in [0.15, 0.2) is 54.9 Å². The van der Waals surface area contributed by atoms with E-state index in [1.807, 2.05) is 18.3 Å². The number of pyridine rings is 1. The Morgan fingerprint density at radius 3 is 2.53 bits per heavy atom. The third-order valence-electron chi connectivity index (χ3n) is 2.92. The number of aromatic amines is 1. The number of hydrogen-bond acceptors (Lipinski definition) is 1. The largest absolute Gasteiger partial charge is 0.361 e. The number of halogens is 2. The fourth-order valence-electron chi connectivity index (χ4n) is 2.04. The highest BCUT2D eigenvalue weighted by Gasteiger charge is 2.09. The number of hydrogen-bond donors (Lipinski definition) is 1. The summed E-state index contributed by atoms with van der Waals surface area (Å²) >= 11 is 5.91. The molecule has 0 atom stereocenters. The maximum Gasteiger partial charge on any atom is 0.129 e. The van der Waals surface area contributed by atoms with Crippen molar-refractivity contribution in [1.82, 2.24) is 9.97 Å². The number of H-pyrrole nitrogens is 1. The van der Waals surface area contributed by atoms with Gasteiger partial charge in [-0.1, -0.05) is 23.7 Å². The Morgan fingerprint density at radius 1 is 1.00 bits per heavy atom. The van der Waals surface area contributed by atoms with Gasteiger partial charge in [0, 0.05) is 23.5 Å². The monoisotopic (exact) mass is 272 g/mol. The summed E-state index contributed by atoms with van der Waals surface area (Å²) in [4.78, 5) is 7.15. The maximum atomic E-state index is 13.0. The molecule has 0 bridgehead atoms. The molecule has 2 aromatic heterocycles. The van der Waals surface area contributed by atoms with Gasteiger partial charge in [-0.05, 0) is 35.9 Å². The zero-order valence-corrected chi connectivity index (χ0v) is 10.7. The first-order valence-electron chi connectivity index (χ1n) is 5.79. The Kier molecular flexibility index (Phi) is 3.05. The summed E-state index contributed by atoms with van der Waals surface area (Å²) in [6, 6.07) is 12.0. The molecule has 0 amide bonds. The van der Waals surface area contributed by atoms with Crippen LogP contribution in [0.1, 0.15) is 0 Å². The zero-order valence-electron chi connectivity index (χ0n) is 9.90. The van der Waals surface area contributed by atoms with Crippen LogP contribution >= 0.6 is 11.6 Å². The van der Waals surface area contributed by atoms with Crippen LogP contribution in [-0.4, -0.2) is 9.97 Å². The summed E-state index contributed by atoms with van der Waals surface area (Å²) in [5.74, 6) is -0.243. The maximum absolute atomic E-state index is 13.0. The summed E-state index contributed by atoms with van der Waals surface area (Å²) in [5, 5.41) is 0.442. The number of rotatable bonds is 2. The van der Waals surface area contributed by atoms with Crippen molar-refractivity contribution >= 4 is 11.6 Å². The van der Waals surface area contributed by atoms with Crippen LogP contribution in [-0.2, 0) is 0 Å². The first-order chi connectivity index (χ1) is 9.24. The first-order valence-corrected chi connectivity index (χ1v) is 6.17. The molecule has 0 spiro atoms. The van der Waals surface area contributed by atoms with E-state index in [1.165, 1.54) is 12.1 Å². The average Bonchev–Trinajstić information content (AvgIpc) is 2.89. The van der Waals surface area contributed by atoms with Gasteiger partial charge in [-0.2, -0.15) is 0 Å². The lowest BCUT2D eigenvalue weighted by atomic mass is 10.0. The van der Waals surface area contributed by atoms with E-state index < -0.39 is 0 Å². The lowest BCUT2D eigenvalue weighted by molar-refractivity contribution is 0.628. The van der Waals surface area contributed by atoms with E-state index >= 15 is 0 Å². The van der Waals surface area contributed by atoms with Crippen LogP contribution in [0.5, 0.6) is 0 Å². The van der Waals surface area contributed by atoms with E-state index in [4.69, 9.17) is 11.6 Å². The summed E-state index contributed by atoms with van der Waals surface area (Å²) in [5.41, 5.74) is 3.84. The molecule has 1 aromatic carbocycles. The molecule has 0 unspecified atom stereocenters. The average molecular weight is 273 g/mol. The van der Waals surface area contributed by atoms with Crippen LogP contribution in [0.25, 0.3) is 22.4 Å². The smallest absolute Gasteiger partial charge is 0.129 e. The van der Waals surface area contributed by atoms with Crippen molar-refractivity contribution in [2.45, 2.75) is 0 Å². The number of aromatic nitrogens is 2. The third-order valence-corrected chi connectivity index (χ3v) is 3.12. The summed E-state index contributed by atoms with van der Waals surface area (Å²) in [6.07, 6.45) is 3.51. The number of nitrogens with one attached hydrogen (secondary N) is 1. The Morgan fingerprint density at radius 2 is 1.79 bits per heavy atom. The molecule has 0 aliphatic rings. The second-order valence-electron chi connectivity index (χ2n) is 4.14. The molecule has 94 valence electrons. The van der Waals surface area contributed by atoms with E-state index in [0.29, 0.717) is 5.15 Å². The molecule has 2 heterocycles. The van der Waals surface area contributed by atoms with E-state index in [-0.39, 0.29) is 5.82 Å². The van der Waals surface area contributed by atoms with E-state index in [0.717, 1.165) is 22.4 Å². The number of benzene rings is 1. The van der Waals surface area contributed by atoms with Gasteiger partial charge < -0.3 is 4.98 Å². The first kappa shape index (κ1) is 11.9. The molecule has 3 rings (SSSR count). The van der Waals surface area contributed by atoms with Gasteiger partial charge in [0.2, 0.25) is 0 Å². The molecule has 0 aliphatic heterocycles. The van der Waals surface area contributed by atoms with Gasteiger partial charge in [-0.3, -0.25) is 0 Å². The van der Waals surface area contributed by atoms with Crippen molar-refractivity contribution in [2.75, 3.05) is 0 Å². The molecule has 0 saturated heterocycles. The predicted octanol–water partition coefficient (Wildman–Crippen LogP) is 4.54. The van der Waals surface area contributed by atoms with Gasteiger partial charge in [0.05, 0.1) is 5.69 Å². The summed E-state index contributed by atoms with van der Waals surface area (Å²) in [7, 11) is 0. The lowest BCUT2D eigenvalue weighted by Crippen LogP contribution is -1.84. The highest BCUT2D eigenvalue weighted by Crippen LogP contribution is 2.31. The minimum absolute atomic E-state index is 0.243. The topological polar surface area (TPSA) is 28.7 Å². The molecular weight excluding hydrogens is 263 g/mol. The van der Waals surface area contributed by atoms with E-state index in [1.54, 1.807) is 24.4 Å². The fraction of sp³-hybridized carbons (Fsp3) is 0. The van der Waals surface area contributed by atoms with Crippen molar-refractivity contribution in [1.29, 1.82) is 0 Å². The number of nitrogens with zero attached hydrogens (tertiary/aromatic N) is 1. The molecule has 2 nitrogen and oxygen atoms in total. The lowest BCUT2D eigenvalue weighted by Gasteiger charge is -2.05. The minimum Gasteiger partial charge on any atom is -0.361 e. The molecule has 0 fully saturated rings. The Hall–Kier alpha value is -2.13. The molecule has 3 aromatic rings.